The Morgan fingerprint density at radius 3 is 2.46 bits per heavy atom. The number of benzene rings is 1. The molecule has 0 aliphatic heterocycles. The zero-order valence-electron chi connectivity index (χ0n) is 14.5. The van der Waals surface area contributed by atoms with Gasteiger partial charge in [0.15, 0.2) is 12.4 Å². The molecule has 0 saturated heterocycles. The molecule has 2 rings (SSSR count). The van der Waals surface area contributed by atoms with Crippen LogP contribution < -0.4 is 5.32 Å². The number of Topliss-reactive ketones (excluding diaryl/α,β-unsaturated/α-hetero) is 1. The molecule has 1 heterocycles. The molecule has 0 aliphatic carbocycles. The maximum absolute atomic E-state index is 12.1. The van der Waals surface area contributed by atoms with E-state index in [9.17, 15) is 14.4 Å². The van der Waals surface area contributed by atoms with E-state index in [1.807, 2.05) is 13.8 Å². The molecule has 0 atom stereocenters. The van der Waals surface area contributed by atoms with Crippen LogP contribution in [0.25, 0.3) is 0 Å². The van der Waals surface area contributed by atoms with Crippen LogP contribution in [0.2, 0.25) is 5.15 Å². The van der Waals surface area contributed by atoms with Gasteiger partial charge in [0.2, 0.25) is 5.91 Å². The van der Waals surface area contributed by atoms with E-state index in [0.717, 1.165) is 0 Å². The number of hydrogen-bond acceptors (Lipinski definition) is 5. The number of esters is 1. The van der Waals surface area contributed by atoms with Gasteiger partial charge in [-0.3, -0.25) is 9.59 Å². The molecule has 1 aromatic carbocycles. The molecule has 0 radical (unpaired) electrons. The molecule has 0 unspecified atom stereocenters. The van der Waals surface area contributed by atoms with Gasteiger partial charge in [-0.05, 0) is 42.3 Å². The van der Waals surface area contributed by atoms with Gasteiger partial charge in [-0.25, -0.2) is 9.78 Å². The number of ether oxygens (including phenoxy) is 1. The number of hydrogen-bond donors (Lipinski definition) is 1. The molecule has 136 valence electrons. The molecule has 0 spiro atoms. The average Bonchev–Trinajstić information content (AvgIpc) is 2.59. The predicted molar refractivity (Wildman–Crippen MR) is 98.4 cm³/mol. The first kappa shape index (κ1) is 19.6. The summed E-state index contributed by atoms with van der Waals surface area (Å²) in [4.78, 5) is 39.6. The molecule has 6 nitrogen and oxygen atoms in total. The maximum Gasteiger partial charge on any atom is 0.341 e. The molecule has 1 amide bonds. The van der Waals surface area contributed by atoms with Gasteiger partial charge in [0.1, 0.15) is 5.15 Å². The van der Waals surface area contributed by atoms with Crippen LogP contribution in [0.15, 0.2) is 42.6 Å². The number of nitrogens with one attached hydrogen (secondary N) is 1. The van der Waals surface area contributed by atoms with Gasteiger partial charge in [-0.2, -0.15) is 0 Å². The lowest BCUT2D eigenvalue weighted by atomic mass is 10.1. The normalized spacial score (nSPS) is 10.5. The highest BCUT2D eigenvalue weighted by atomic mass is 35.5. The fourth-order valence-electron chi connectivity index (χ4n) is 2.15. The molecular weight excluding hydrogens is 356 g/mol. The van der Waals surface area contributed by atoms with Gasteiger partial charge in [0.25, 0.3) is 0 Å². The molecule has 26 heavy (non-hydrogen) atoms. The molecule has 0 bridgehead atoms. The highest BCUT2D eigenvalue weighted by Crippen LogP contribution is 2.14. The lowest BCUT2D eigenvalue weighted by Crippen LogP contribution is -2.15. The SMILES string of the molecule is CC(C)CC(=O)Nc1ccc(C(=O)COC(=O)c2cccnc2Cl)cc1. The summed E-state index contributed by atoms with van der Waals surface area (Å²) in [5.41, 5.74) is 1.08. The predicted octanol–water partition coefficient (Wildman–Crippen LogP) is 3.76. The Labute approximate surface area is 156 Å². The van der Waals surface area contributed by atoms with E-state index in [2.05, 4.69) is 10.3 Å². The Hall–Kier alpha value is -2.73. The Morgan fingerprint density at radius 1 is 1.15 bits per heavy atom. The van der Waals surface area contributed by atoms with Crippen molar-refractivity contribution < 1.29 is 19.1 Å². The maximum atomic E-state index is 12.1. The third-order valence-corrected chi connectivity index (χ3v) is 3.70. The van der Waals surface area contributed by atoms with Crippen LogP contribution in [0.1, 0.15) is 41.0 Å². The fourth-order valence-corrected chi connectivity index (χ4v) is 2.35. The summed E-state index contributed by atoms with van der Waals surface area (Å²) in [6, 6.07) is 9.42. The average molecular weight is 375 g/mol. The second-order valence-corrected chi connectivity index (χ2v) is 6.42. The van der Waals surface area contributed by atoms with E-state index in [1.54, 1.807) is 30.3 Å². The number of nitrogens with zero attached hydrogens (tertiary/aromatic N) is 1. The minimum atomic E-state index is -0.714. The number of carbonyl (C=O) groups is 3. The molecule has 0 fully saturated rings. The van der Waals surface area contributed by atoms with Crippen molar-refractivity contribution >= 4 is 34.9 Å². The van der Waals surface area contributed by atoms with Gasteiger partial charge in [-0.1, -0.05) is 25.4 Å². The van der Waals surface area contributed by atoms with E-state index in [-0.39, 0.29) is 28.3 Å². The first-order valence-electron chi connectivity index (χ1n) is 8.07. The van der Waals surface area contributed by atoms with Crippen molar-refractivity contribution in [1.82, 2.24) is 4.98 Å². The highest BCUT2D eigenvalue weighted by Gasteiger charge is 2.15. The largest absolute Gasteiger partial charge is 0.454 e. The van der Waals surface area contributed by atoms with Gasteiger partial charge in [0.05, 0.1) is 5.56 Å². The first-order chi connectivity index (χ1) is 12.4. The molecule has 0 saturated carbocycles. The van der Waals surface area contributed by atoms with Gasteiger partial charge >= 0.3 is 5.97 Å². The number of rotatable bonds is 7. The third-order valence-electron chi connectivity index (χ3n) is 3.40. The van der Waals surface area contributed by atoms with E-state index in [0.29, 0.717) is 17.7 Å². The highest BCUT2D eigenvalue weighted by molar-refractivity contribution is 6.32. The summed E-state index contributed by atoms with van der Waals surface area (Å²) in [6.07, 6.45) is 1.87. The number of halogens is 1. The van der Waals surface area contributed by atoms with Crippen LogP contribution in [-0.4, -0.2) is 29.3 Å². The molecule has 2 aromatic rings. The molecule has 1 N–H and O–H groups in total. The van der Waals surface area contributed by atoms with Crippen LogP contribution in [0.4, 0.5) is 5.69 Å². The van der Waals surface area contributed by atoms with Crippen molar-refractivity contribution in [3.8, 4) is 0 Å². The summed E-state index contributed by atoms with van der Waals surface area (Å²) in [7, 11) is 0. The second kappa shape index (κ2) is 9.10. The van der Waals surface area contributed by atoms with Crippen LogP contribution in [0, 0.1) is 5.92 Å². The van der Waals surface area contributed by atoms with E-state index >= 15 is 0 Å². The molecule has 7 heteroatoms. The van der Waals surface area contributed by atoms with Crippen LogP contribution in [0.3, 0.4) is 0 Å². The number of amides is 1. The third kappa shape index (κ3) is 5.67. The first-order valence-corrected chi connectivity index (χ1v) is 8.45. The van der Waals surface area contributed by atoms with Crippen LogP contribution in [-0.2, 0) is 9.53 Å². The number of ketones is 1. The molecule has 1 aromatic heterocycles. The minimum absolute atomic E-state index is 0.0199. The van der Waals surface area contributed by atoms with Crippen molar-refractivity contribution in [1.29, 1.82) is 0 Å². The van der Waals surface area contributed by atoms with E-state index in [1.165, 1.54) is 12.3 Å². The van der Waals surface area contributed by atoms with Crippen molar-refractivity contribution in [2.24, 2.45) is 5.92 Å². The smallest absolute Gasteiger partial charge is 0.341 e. The zero-order chi connectivity index (χ0) is 19.1. The van der Waals surface area contributed by atoms with Gasteiger partial charge < -0.3 is 10.1 Å². The Kier molecular flexibility index (Phi) is 6.86. The van der Waals surface area contributed by atoms with Crippen molar-refractivity contribution in [3.63, 3.8) is 0 Å². The Morgan fingerprint density at radius 2 is 1.85 bits per heavy atom. The van der Waals surface area contributed by atoms with Crippen molar-refractivity contribution in [2.75, 3.05) is 11.9 Å². The Balaban J connectivity index is 1.91. The Bertz CT molecular complexity index is 803. The van der Waals surface area contributed by atoms with Gasteiger partial charge in [0, 0.05) is 23.9 Å². The number of carbonyl (C=O) groups excluding carboxylic acids is 3. The fraction of sp³-hybridized carbons (Fsp3) is 0.263. The molecular formula is C19H19ClN2O4. The zero-order valence-corrected chi connectivity index (χ0v) is 15.2. The summed E-state index contributed by atoms with van der Waals surface area (Å²) in [5, 5.41) is 2.78. The van der Waals surface area contributed by atoms with Crippen LogP contribution in [0.5, 0.6) is 0 Å². The summed E-state index contributed by atoms with van der Waals surface area (Å²) in [6.45, 7) is 3.51. The standard InChI is InChI=1S/C19H19ClN2O4/c1-12(2)10-17(24)22-14-7-5-13(6-8-14)16(23)11-26-19(25)15-4-3-9-21-18(15)20/h3-9,12H,10-11H2,1-2H3,(H,22,24). The number of aromatic nitrogens is 1. The summed E-state index contributed by atoms with van der Waals surface area (Å²) in [5.74, 6) is -0.896. The quantitative estimate of drug-likeness (QED) is 0.453. The number of pyridine rings is 1. The van der Waals surface area contributed by atoms with E-state index in [4.69, 9.17) is 16.3 Å². The number of anilines is 1. The summed E-state index contributed by atoms with van der Waals surface area (Å²) < 4.78 is 4.98. The lowest BCUT2D eigenvalue weighted by molar-refractivity contribution is -0.116. The van der Waals surface area contributed by atoms with Crippen molar-refractivity contribution in [3.05, 3.63) is 58.9 Å². The van der Waals surface area contributed by atoms with Gasteiger partial charge in [-0.15, -0.1) is 0 Å². The topological polar surface area (TPSA) is 85.4 Å². The molecule has 0 aliphatic rings. The summed E-state index contributed by atoms with van der Waals surface area (Å²) >= 11 is 5.81. The monoisotopic (exact) mass is 374 g/mol. The lowest BCUT2D eigenvalue weighted by Gasteiger charge is -2.08. The van der Waals surface area contributed by atoms with E-state index < -0.39 is 12.6 Å². The van der Waals surface area contributed by atoms with Crippen LogP contribution >= 0.6 is 11.6 Å². The van der Waals surface area contributed by atoms with Crippen molar-refractivity contribution in [2.45, 2.75) is 20.3 Å². The minimum Gasteiger partial charge on any atom is -0.454 e. The second-order valence-electron chi connectivity index (χ2n) is 6.06.